The van der Waals surface area contributed by atoms with Gasteiger partial charge in [0.25, 0.3) is 5.91 Å². The van der Waals surface area contributed by atoms with Gasteiger partial charge in [0.15, 0.2) is 0 Å². The van der Waals surface area contributed by atoms with E-state index in [9.17, 15) is 9.59 Å². The Morgan fingerprint density at radius 1 is 1.10 bits per heavy atom. The lowest BCUT2D eigenvalue weighted by Crippen LogP contribution is -2.66. The topological polar surface area (TPSA) is 49.4 Å². The Kier molecular flexibility index (Phi) is 4.57. The van der Waals surface area contributed by atoms with Gasteiger partial charge >= 0.3 is 0 Å². The Morgan fingerprint density at radius 3 is 2.24 bits per heavy atom. The molecule has 0 bridgehead atoms. The average molecular weight is 309 g/mol. The maximum Gasteiger partial charge on any atom is 0.250 e. The second-order valence-electron chi connectivity index (χ2n) is 6.08. The van der Waals surface area contributed by atoms with Crippen molar-refractivity contribution in [3.8, 4) is 0 Å². The fraction of sp³-hybridized carbons (Fsp3) is 0.500. The number of amides is 2. The second-order valence-corrected chi connectivity index (χ2v) is 6.49. The van der Waals surface area contributed by atoms with Crippen LogP contribution in [-0.4, -0.2) is 23.9 Å². The number of hydrogen-bond donors (Lipinski definition) is 1. The van der Waals surface area contributed by atoms with E-state index < -0.39 is 12.1 Å². The molecule has 0 saturated carbocycles. The highest BCUT2D eigenvalue weighted by Crippen LogP contribution is 2.32. The predicted molar refractivity (Wildman–Crippen MR) is 84.3 cm³/mol. The SMILES string of the molecule is CC(C)C1NC(=O)C(C(C)C)N(c2ccccc2Cl)C1=O. The van der Waals surface area contributed by atoms with Crippen LogP contribution in [0.3, 0.4) is 0 Å². The molecule has 0 aliphatic carbocycles. The van der Waals surface area contributed by atoms with Crippen molar-refractivity contribution in [2.75, 3.05) is 4.90 Å². The van der Waals surface area contributed by atoms with E-state index in [0.29, 0.717) is 10.7 Å². The van der Waals surface area contributed by atoms with Crippen molar-refractivity contribution in [1.82, 2.24) is 5.32 Å². The van der Waals surface area contributed by atoms with Crippen molar-refractivity contribution < 1.29 is 9.59 Å². The number of rotatable bonds is 3. The third-order valence-electron chi connectivity index (χ3n) is 3.76. The number of nitrogens with one attached hydrogen (secondary N) is 1. The van der Waals surface area contributed by atoms with Gasteiger partial charge in [-0.1, -0.05) is 51.4 Å². The van der Waals surface area contributed by atoms with Gasteiger partial charge in [0, 0.05) is 0 Å². The molecule has 0 spiro atoms. The van der Waals surface area contributed by atoms with Gasteiger partial charge in [-0.25, -0.2) is 0 Å². The fourth-order valence-corrected chi connectivity index (χ4v) is 2.90. The number of nitrogens with zero attached hydrogens (tertiary/aromatic N) is 1. The number of carbonyl (C=O) groups is 2. The average Bonchev–Trinajstić information content (AvgIpc) is 2.40. The summed E-state index contributed by atoms with van der Waals surface area (Å²) in [4.78, 5) is 26.8. The van der Waals surface area contributed by atoms with E-state index in [4.69, 9.17) is 11.6 Å². The Bertz CT molecular complexity index is 557. The summed E-state index contributed by atoms with van der Waals surface area (Å²) >= 11 is 6.24. The third-order valence-corrected chi connectivity index (χ3v) is 4.08. The maximum absolute atomic E-state index is 12.8. The summed E-state index contributed by atoms with van der Waals surface area (Å²) in [6, 6.07) is 6.11. The minimum Gasteiger partial charge on any atom is -0.342 e. The highest BCUT2D eigenvalue weighted by atomic mass is 35.5. The number of carbonyl (C=O) groups excluding carboxylic acids is 2. The normalized spacial score (nSPS) is 22.9. The highest BCUT2D eigenvalue weighted by molar-refractivity contribution is 6.34. The lowest BCUT2D eigenvalue weighted by molar-refractivity contribution is -0.135. The molecule has 1 aromatic rings. The zero-order valence-corrected chi connectivity index (χ0v) is 13.5. The molecule has 4 nitrogen and oxygen atoms in total. The number of para-hydroxylation sites is 1. The maximum atomic E-state index is 12.8. The van der Waals surface area contributed by atoms with Crippen LogP contribution in [0, 0.1) is 11.8 Å². The second kappa shape index (κ2) is 6.06. The number of hydrogen-bond acceptors (Lipinski definition) is 2. The molecule has 1 saturated heterocycles. The van der Waals surface area contributed by atoms with Crippen LogP contribution >= 0.6 is 11.6 Å². The standard InChI is InChI=1S/C16H21ClN2O2/c1-9(2)13-16(21)19(12-8-6-5-7-11(12)17)14(10(3)4)15(20)18-13/h5-10,13-14H,1-4H3,(H,18,20). The fourth-order valence-electron chi connectivity index (χ4n) is 2.67. The van der Waals surface area contributed by atoms with Gasteiger partial charge in [-0.15, -0.1) is 0 Å². The summed E-state index contributed by atoms with van der Waals surface area (Å²) in [5, 5.41) is 3.32. The van der Waals surface area contributed by atoms with Gasteiger partial charge in [-0.3, -0.25) is 14.5 Å². The Balaban J connectivity index is 2.52. The van der Waals surface area contributed by atoms with Crippen LogP contribution in [0.15, 0.2) is 24.3 Å². The molecule has 5 heteroatoms. The Morgan fingerprint density at radius 2 is 1.71 bits per heavy atom. The molecule has 114 valence electrons. The molecule has 1 N–H and O–H groups in total. The van der Waals surface area contributed by atoms with Crippen LogP contribution in [0.25, 0.3) is 0 Å². The van der Waals surface area contributed by atoms with Gasteiger partial charge in [-0.05, 0) is 24.0 Å². The molecule has 1 aromatic carbocycles. The van der Waals surface area contributed by atoms with Gasteiger partial charge in [0.2, 0.25) is 5.91 Å². The van der Waals surface area contributed by atoms with Gasteiger partial charge in [0.1, 0.15) is 12.1 Å². The van der Waals surface area contributed by atoms with E-state index in [1.807, 2.05) is 39.8 Å². The molecule has 21 heavy (non-hydrogen) atoms. The Labute approximate surface area is 130 Å². The van der Waals surface area contributed by atoms with Crippen molar-refractivity contribution in [3.05, 3.63) is 29.3 Å². The quantitative estimate of drug-likeness (QED) is 0.933. The molecule has 2 unspecified atom stereocenters. The van der Waals surface area contributed by atoms with Crippen molar-refractivity contribution >= 4 is 29.1 Å². The molecular weight excluding hydrogens is 288 g/mol. The van der Waals surface area contributed by atoms with Crippen LogP contribution in [0.5, 0.6) is 0 Å². The van der Waals surface area contributed by atoms with Crippen molar-refractivity contribution in [2.24, 2.45) is 11.8 Å². The molecular formula is C16H21ClN2O2. The molecule has 1 heterocycles. The first-order valence-electron chi connectivity index (χ1n) is 7.22. The van der Waals surface area contributed by atoms with Crippen molar-refractivity contribution in [3.63, 3.8) is 0 Å². The number of piperazine rings is 1. The molecule has 1 aliphatic rings. The molecule has 1 fully saturated rings. The monoisotopic (exact) mass is 308 g/mol. The van der Waals surface area contributed by atoms with Crippen LogP contribution in [0.4, 0.5) is 5.69 Å². The van der Waals surface area contributed by atoms with Crippen LogP contribution in [0.2, 0.25) is 5.02 Å². The van der Waals surface area contributed by atoms with Gasteiger partial charge in [-0.2, -0.15) is 0 Å². The largest absolute Gasteiger partial charge is 0.342 e. The summed E-state index contributed by atoms with van der Waals surface area (Å²) in [5.74, 6) is -0.197. The van der Waals surface area contributed by atoms with Crippen LogP contribution in [-0.2, 0) is 9.59 Å². The van der Waals surface area contributed by atoms with E-state index >= 15 is 0 Å². The van der Waals surface area contributed by atoms with Crippen molar-refractivity contribution in [1.29, 1.82) is 0 Å². The lowest BCUT2D eigenvalue weighted by atomic mass is 9.92. The van der Waals surface area contributed by atoms with E-state index in [0.717, 1.165) is 0 Å². The van der Waals surface area contributed by atoms with E-state index in [1.54, 1.807) is 17.0 Å². The summed E-state index contributed by atoms with van der Waals surface area (Å²) in [7, 11) is 0. The van der Waals surface area contributed by atoms with E-state index in [1.165, 1.54) is 0 Å². The molecule has 2 rings (SSSR count). The smallest absolute Gasteiger partial charge is 0.250 e. The number of halogens is 1. The predicted octanol–water partition coefficient (Wildman–Crippen LogP) is 2.85. The first-order valence-corrected chi connectivity index (χ1v) is 7.60. The number of anilines is 1. The zero-order valence-electron chi connectivity index (χ0n) is 12.8. The third kappa shape index (κ3) is 2.91. The molecule has 0 radical (unpaired) electrons. The zero-order chi connectivity index (χ0) is 15.7. The van der Waals surface area contributed by atoms with Crippen LogP contribution < -0.4 is 10.2 Å². The van der Waals surface area contributed by atoms with Crippen molar-refractivity contribution in [2.45, 2.75) is 39.8 Å². The first kappa shape index (κ1) is 15.8. The number of benzene rings is 1. The molecule has 2 atom stereocenters. The summed E-state index contributed by atoms with van der Waals surface area (Å²) in [6.07, 6.45) is 0. The molecule has 2 amide bonds. The summed E-state index contributed by atoms with van der Waals surface area (Å²) in [6.45, 7) is 7.70. The summed E-state index contributed by atoms with van der Waals surface area (Å²) in [5.41, 5.74) is 0.600. The Hall–Kier alpha value is -1.55. The minimum atomic E-state index is -0.535. The first-order chi connectivity index (χ1) is 9.84. The van der Waals surface area contributed by atoms with Gasteiger partial charge < -0.3 is 5.32 Å². The highest BCUT2D eigenvalue weighted by Gasteiger charge is 2.44. The van der Waals surface area contributed by atoms with Crippen LogP contribution in [0.1, 0.15) is 27.7 Å². The molecule has 0 aromatic heterocycles. The van der Waals surface area contributed by atoms with E-state index in [-0.39, 0.29) is 23.7 Å². The van der Waals surface area contributed by atoms with E-state index in [2.05, 4.69) is 5.32 Å². The summed E-state index contributed by atoms with van der Waals surface area (Å²) < 4.78 is 0. The van der Waals surface area contributed by atoms with Gasteiger partial charge in [0.05, 0.1) is 10.7 Å². The molecule has 1 aliphatic heterocycles. The lowest BCUT2D eigenvalue weighted by Gasteiger charge is -2.42. The minimum absolute atomic E-state index is 0.00154.